The van der Waals surface area contributed by atoms with Gasteiger partial charge >= 0.3 is 0 Å². The highest BCUT2D eigenvalue weighted by atomic mass is 79.9. The molecule has 1 amide bonds. The molecule has 1 fully saturated rings. The summed E-state index contributed by atoms with van der Waals surface area (Å²) in [5.74, 6) is -0.159. The van der Waals surface area contributed by atoms with E-state index < -0.39 is 0 Å². The van der Waals surface area contributed by atoms with E-state index in [9.17, 15) is 4.79 Å². The summed E-state index contributed by atoms with van der Waals surface area (Å²) >= 11 is 3.33. The fourth-order valence-electron chi connectivity index (χ4n) is 2.82. The van der Waals surface area contributed by atoms with Gasteiger partial charge in [-0.3, -0.25) is 9.78 Å². The quantitative estimate of drug-likeness (QED) is 0.873. The van der Waals surface area contributed by atoms with Crippen LogP contribution in [0.5, 0.6) is 0 Å². The first-order valence-electron chi connectivity index (χ1n) is 8.15. The van der Waals surface area contributed by atoms with Gasteiger partial charge in [0, 0.05) is 54.4 Å². The second-order valence-electron chi connectivity index (χ2n) is 5.81. The van der Waals surface area contributed by atoms with Crippen molar-refractivity contribution in [2.24, 2.45) is 0 Å². The molecule has 5 nitrogen and oxygen atoms in total. The third-order valence-electron chi connectivity index (χ3n) is 4.28. The van der Waals surface area contributed by atoms with E-state index >= 15 is 0 Å². The summed E-state index contributed by atoms with van der Waals surface area (Å²) < 4.78 is 0.789. The predicted molar refractivity (Wildman–Crippen MR) is 101 cm³/mol. The van der Waals surface area contributed by atoms with E-state index in [1.807, 2.05) is 12.1 Å². The number of rotatable bonds is 4. The Kier molecular flexibility index (Phi) is 5.48. The summed E-state index contributed by atoms with van der Waals surface area (Å²) in [5, 5.41) is 2.91. The Morgan fingerprint density at radius 3 is 2.50 bits per heavy atom. The van der Waals surface area contributed by atoms with Gasteiger partial charge in [0.25, 0.3) is 5.91 Å². The molecule has 0 saturated carbocycles. The molecule has 0 bridgehead atoms. The summed E-state index contributed by atoms with van der Waals surface area (Å²) in [7, 11) is 0. The number of nitrogens with one attached hydrogen (secondary N) is 1. The first-order valence-corrected chi connectivity index (χ1v) is 8.94. The topological polar surface area (TPSA) is 48.5 Å². The average Bonchev–Trinajstić information content (AvgIpc) is 2.62. The molecule has 6 heteroatoms. The summed E-state index contributed by atoms with van der Waals surface area (Å²) in [6.45, 7) is 7.61. The maximum absolute atomic E-state index is 12.2. The molecule has 3 rings (SSSR count). The standard InChI is InChI=1S/C18H21BrN4O/c1-2-22-7-9-23(10-8-22)17-5-3-16(4-6-17)21-18(24)14-11-15(19)13-20-12-14/h3-6,11-13H,2,7-10H2,1H3,(H,21,24). The molecule has 2 aromatic rings. The lowest BCUT2D eigenvalue weighted by atomic mass is 10.2. The van der Waals surface area contributed by atoms with Crippen LogP contribution in [-0.4, -0.2) is 48.5 Å². The van der Waals surface area contributed by atoms with Gasteiger partial charge in [-0.15, -0.1) is 0 Å². The number of nitrogens with zero attached hydrogens (tertiary/aromatic N) is 3. The van der Waals surface area contributed by atoms with Crippen molar-refractivity contribution < 1.29 is 4.79 Å². The zero-order chi connectivity index (χ0) is 16.9. The molecule has 24 heavy (non-hydrogen) atoms. The van der Waals surface area contributed by atoms with Crippen molar-refractivity contribution in [3.8, 4) is 0 Å². The highest BCUT2D eigenvalue weighted by Crippen LogP contribution is 2.20. The zero-order valence-electron chi connectivity index (χ0n) is 13.7. The molecule has 2 heterocycles. The Morgan fingerprint density at radius 1 is 1.17 bits per heavy atom. The van der Waals surface area contributed by atoms with Gasteiger partial charge in [0.15, 0.2) is 0 Å². The number of anilines is 2. The van der Waals surface area contributed by atoms with Crippen molar-refractivity contribution >= 4 is 33.2 Å². The molecule has 1 saturated heterocycles. The van der Waals surface area contributed by atoms with Crippen LogP contribution in [0.2, 0.25) is 0 Å². The third-order valence-corrected chi connectivity index (χ3v) is 4.71. The number of halogens is 1. The molecular weight excluding hydrogens is 368 g/mol. The molecule has 1 N–H and O–H groups in total. The monoisotopic (exact) mass is 388 g/mol. The molecule has 0 atom stereocenters. The number of pyridine rings is 1. The van der Waals surface area contributed by atoms with Crippen LogP contribution in [0.15, 0.2) is 47.2 Å². The van der Waals surface area contributed by atoms with Crippen LogP contribution in [0.1, 0.15) is 17.3 Å². The summed E-state index contributed by atoms with van der Waals surface area (Å²) in [5.41, 5.74) is 2.52. The van der Waals surface area contributed by atoms with Crippen molar-refractivity contribution in [1.29, 1.82) is 0 Å². The van der Waals surface area contributed by atoms with E-state index in [1.54, 1.807) is 18.5 Å². The summed E-state index contributed by atoms with van der Waals surface area (Å²) in [6, 6.07) is 9.78. The molecular formula is C18H21BrN4O. The van der Waals surface area contributed by atoms with E-state index in [1.165, 1.54) is 5.69 Å². The number of carbonyl (C=O) groups excluding carboxylic acids is 1. The van der Waals surface area contributed by atoms with E-state index in [0.717, 1.165) is 42.9 Å². The molecule has 1 aliphatic rings. The lowest BCUT2D eigenvalue weighted by molar-refractivity contribution is 0.102. The van der Waals surface area contributed by atoms with Gasteiger partial charge in [-0.25, -0.2) is 0 Å². The molecule has 1 aromatic carbocycles. The van der Waals surface area contributed by atoms with Crippen LogP contribution in [0, 0.1) is 0 Å². The van der Waals surface area contributed by atoms with Crippen LogP contribution in [-0.2, 0) is 0 Å². The molecule has 0 unspecified atom stereocenters. The predicted octanol–water partition coefficient (Wildman–Crippen LogP) is 3.24. The van der Waals surface area contributed by atoms with Gasteiger partial charge in [0.1, 0.15) is 0 Å². The van der Waals surface area contributed by atoms with E-state index in [-0.39, 0.29) is 5.91 Å². The number of benzene rings is 1. The number of amides is 1. The van der Waals surface area contributed by atoms with Crippen molar-refractivity contribution in [1.82, 2.24) is 9.88 Å². The van der Waals surface area contributed by atoms with Gasteiger partial charge in [0.2, 0.25) is 0 Å². The van der Waals surface area contributed by atoms with Crippen molar-refractivity contribution in [3.05, 3.63) is 52.8 Å². The van der Waals surface area contributed by atoms with Crippen LogP contribution >= 0.6 is 15.9 Å². The van der Waals surface area contributed by atoms with Crippen LogP contribution < -0.4 is 10.2 Å². The lowest BCUT2D eigenvalue weighted by Gasteiger charge is -2.35. The largest absolute Gasteiger partial charge is 0.369 e. The second kappa shape index (κ2) is 7.77. The Morgan fingerprint density at radius 2 is 1.88 bits per heavy atom. The van der Waals surface area contributed by atoms with Gasteiger partial charge in [-0.05, 0) is 52.8 Å². The van der Waals surface area contributed by atoms with E-state index in [2.05, 4.69) is 55.1 Å². The third kappa shape index (κ3) is 4.13. The maximum Gasteiger partial charge on any atom is 0.257 e. The van der Waals surface area contributed by atoms with Crippen molar-refractivity contribution in [2.75, 3.05) is 42.9 Å². The minimum Gasteiger partial charge on any atom is -0.369 e. The number of hydrogen-bond donors (Lipinski definition) is 1. The van der Waals surface area contributed by atoms with Crippen molar-refractivity contribution in [3.63, 3.8) is 0 Å². The van der Waals surface area contributed by atoms with Gasteiger partial charge in [-0.2, -0.15) is 0 Å². The number of likely N-dealkylation sites (N-methyl/N-ethyl adjacent to an activating group) is 1. The molecule has 1 aliphatic heterocycles. The van der Waals surface area contributed by atoms with Crippen molar-refractivity contribution in [2.45, 2.75) is 6.92 Å². The second-order valence-corrected chi connectivity index (χ2v) is 6.73. The fourth-order valence-corrected chi connectivity index (χ4v) is 3.18. The molecule has 0 aliphatic carbocycles. The Labute approximate surface area is 150 Å². The maximum atomic E-state index is 12.2. The van der Waals surface area contributed by atoms with Gasteiger partial charge in [0.05, 0.1) is 5.56 Å². The molecule has 0 spiro atoms. The highest BCUT2D eigenvalue weighted by molar-refractivity contribution is 9.10. The van der Waals surface area contributed by atoms with E-state index in [4.69, 9.17) is 0 Å². The number of aromatic nitrogens is 1. The lowest BCUT2D eigenvalue weighted by Crippen LogP contribution is -2.46. The minimum absolute atomic E-state index is 0.159. The first kappa shape index (κ1) is 16.9. The van der Waals surface area contributed by atoms with Crippen LogP contribution in [0.3, 0.4) is 0 Å². The Hall–Kier alpha value is -1.92. The molecule has 0 radical (unpaired) electrons. The molecule has 1 aromatic heterocycles. The zero-order valence-corrected chi connectivity index (χ0v) is 15.3. The Balaban J connectivity index is 1.61. The van der Waals surface area contributed by atoms with Gasteiger partial charge < -0.3 is 15.1 Å². The smallest absolute Gasteiger partial charge is 0.257 e. The molecule has 126 valence electrons. The van der Waals surface area contributed by atoms with Gasteiger partial charge in [-0.1, -0.05) is 6.92 Å². The number of piperazine rings is 1. The summed E-state index contributed by atoms with van der Waals surface area (Å²) in [4.78, 5) is 21.1. The number of hydrogen-bond acceptors (Lipinski definition) is 4. The first-order chi connectivity index (χ1) is 11.7. The summed E-state index contributed by atoms with van der Waals surface area (Å²) in [6.07, 6.45) is 3.21. The van der Waals surface area contributed by atoms with E-state index in [0.29, 0.717) is 5.56 Å². The number of carbonyl (C=O) groups is 1. The van der Waals surface area contributed by atoms with Crippen LogP contribution in [0.4, 0.5) is 11.4 Å². The average molecular weight is 389 g/mol. The minimum atomic E-state index is -0.159. The normalized spacial score (nSPS) is 15.3. The SMILES string of the molecule is CCN1CCN(c2ccc(NC(=O)c3cncc(Br)c3)cc2)CC1. The Bertz CT molecular complexity index is 696. The highest BCUT2D eigenvalue weighted by Gasteiger charge is 2.15. The van der Waals surface area contributed by atoms with Crippen LogP contribution in [0.25, 0.3) is 0 Å². The fraction of sp³-hybridized carbons (Fsp3) is 0.333.